The highest BCUT2D eigenvalue weighted by molar-refractivity contribution is 7.89. The summed E-state index contributed by atoms with van der Waals surface area (Å²) >= 11 is 0. The number of ether oxygens (including phenoxy) is 1. The number of carbonyl (C=O) groups is 2. The summed E-state index contributed by atoms with van der Waals surface area (Å²) in [6.45, 7) is 2.36. The van der Waals surface area contributed by atoms with Gasteiger partial charge >= 0.3 is 5.97 Å². The standard InChI is InChI=1S/C25H26N4O6S/c1-17-8-14-22(15-9-17)36(33,34)29-24(18(2)30)25(32)35-16-23(31)26-19-10-12-21(13-11-19)28-27-20-6-4-3-5-7-20/h3-15,18,24,29-30H,16H2,1-2H3,(H,26,31)/t18-,24+/m0/s1. The number of esters is 1. The Morgan fingerprint density at radius 3 is 2.08 bits per heavy atom. The summed E-state index contributed by atoms with van der Waals surface area (Å²) in [7, 11) is -4.11. The molecule has 0 heterocycles. The number of carbonyl (C=O) groups excluding carboxylic acids is 2. The summed E-state index contributed by atoms with van der Waals surface area (Å²) in [5.74, 6) is -1.74. The summed E-state index contributed by atoms with van der Waals surface area (Å²) in [5, 5.41) is 20.7. The molecule has 0 aliphatic rings. The van der Waals surface area contributed by atoms with E-state index in [4.69, 9.17) is 4.74 Å². The van der Waals surface area contributed by atoms with Crippen LogP contribution < -0.4 is 10.0 Å². The molecule has 1 amide bonds. The fraction of sp³-hybridized carbons (Fsp3) is 0.200. The summed E-state index contributed by atoms with van der Waals surface area (Å²) in [6, 6.07) is 20.1. The first kappa shape index (κ1) is 26.7. The van der Waals surface area contributed by atoms with Crippen molar-refractivity contribution in [2.24, 2.45) is 10.2 Å². The lowest BCUT2D eigenvalue weighted by Crippen LogP contribution is -2.48. The smallest absolute Gasteiger partial charge is 0.327 e. The Labute approximate surface area is 209 Å². The van der Waals surface area contributed by atoms with Crippen LogP contribution in [0.15, 0.2) is 94.0 Å². The number of nitrogens with one attached hydrogen (secondary N) is 2. The molecule has 0 aliphatic carbocycles. The topological polar surface area (TPSA) is 147 Å². The first-order chi connectivity index (χ1) is 17.1. The monoisotopic (exact) mass is 510 g/mol. The molecular formula is C25H26N4O6S. The maximum absolute atomic E-state index is 12.6. The second-order valence-electron chi connectivity index (χ2n) is 7.89. The largest absolute Gasteiger partial charge is 0.454 e. The zero-order valence-electron chi connectivity index (χ0n) is 19.7. The minimum absolute atomic E-state index is 0.0731. The lowest BCUT2D eigenvalue weighted by atomic mass is 10.2. The van der Waals surface area contributed by atoms with Crippen molar-refractivity contribution in [3.8, 4) is 0 Å². The number of aliphatic hydroxyl groups is 1. The maximum Gasteiger partial charge on any atom is 0.327 e. The number of azo groups is 1. The van der Waals surface area contributed by atoms with Crippen molar-refractivity contribution in [3.05, 3.63) is 84.4 Å². The molecule has 0 bridgehead atoms. The molecule has 3 aromatic rings. The second-order valence-corrected chi connectivity index (χ2v) is 9.60. The van der Waals surface area contributed by atoms with Gasteiger partial charge in [0.15, 0.2) is 6.61 Å². The molecule has 0 aliphatic heterocycles. The Balaban J connectivity index is 1.53. The average molecular weight is 511 g/mol. The molecule has 36 heavy (non-hydrogen) atoms. The Morgan fingerprint density at radius 2 is 1.50 bits per heavy atom. The number of sulfonamides is 1. The van der Waals surface area contributed by atoms with E-state index in [-0.39, 0.29) is 4.90 Å². The van der Waals surface area contributed by atoms with Crippen molar-refractivity contribution in [2.75, 3.05) is 11.9 Å². The lowest BCUT2D eigenvalue weighted by molar-refractivity contribution is -0.151. The normalized spacial score (nSPS) is 13.2. The molecule has 0 saturated carbocycles. The molecular weight excluding hydrogens is 484 g/mol. The SMILES string of the molecule is Cc1ccc(S(=O)(=O)N[C@@H](C(=O)OCC(=O)Nc2ccc(N=Nc3ccccc3)cc2)[C@H](C)O)cc1. The molecule has 0 fully saturated rings. The molecule has 0 aromatic heterocycles. The number of hydrogen-bond acceptors (Lipinski definition) is 8. The van der Waals surface area contributed by atoms with Gasteiger partial charge < -0.3 is 15.2 Å². The number of aliphatic hydroxyl groups excluding tert-OH is 1. The third-order valence-corrected chi connectivity index (χ3v) is 6.34. The Hall–Kier alpha value is -3.93. The van der Waals surface area contributed by atoms with Gasteiger partial charge in [-0.1, -0.05) is 35.9 Å². The highest BCUT2D eigenvalue weighted by Gasteiger charge is 2.31. The van der Waals surface area contributed by atoms with Gasteiger partial charge in [-0.05, 0) is 62.4 Å². The van der Waals surface area contributed by atoms with E-state index in [9.17, 15) is 23.1 Å². The van der Waals surface area contributed by atoms with E-state index in [1.54, 1.807) is 43.3 Å². The molecule has 0 saturated heterocycles. The van der Waals surface area contributed by atoms with Gasteiger partial charge in [-0.25, -0.2) is 8.42 Å². The van der Waals surface area contributed by atoms with Crippen LogP contribution in [0.4, 0.5) is 17.1 Å². The van der Waals surface area contributed by atoms with E-state index in [1.807, 2.05) is 30.3 Å². The van der Waals surface area contributed by atoms with E-state index in [0.717, 1.165) is 5.56 Å². The first-order valence-corrected chi connectivity index (χ1v) is 12.4. The van der Waals surface area contributed by atoms with Crippen LogP contribution in [0.25, 0.3) is 0 Å². The minimum Gasteiger partial charge on any atom is -0.454 e. The van der Waals surface area contributed by atoms with E-state index < -0.39 is 40.7 Å². The Bertz CT molecular complexity index is 1310. The van der Waals surface area contributed by atoms with Crippen LogP contribution in [0.5, 0.6) is 0 Å². The van der Waals surface area contributed by atoms with Gasteiger partial charge in [0.2, 0.25) is 10.0 Å². The quantitative estimate of drug-likeness (QED) is 0.280. The number of nitrogens with zero attached hydrogens (tertiary/aromatic N) is 2. The fourth-order valence-corrected chi connectivity index (χ4v) is 4.20. The highest BCUT2D eigenvalue weighted by Crippen LogP contribution is 2.20. The van der Waals surface area contributed by atoms with Crippen LogP contribution in [0.1, 0.15) is 12.5 Å². The van der Waals surface area contributed by atoms with Gasteiger partial charge in [0.05, 0.1) is 22.4 Å². The van der Waals surface area contributed by atoms with Crippen LogP contribution in [-0.4, -0.2) is 44.2 Å². The van der Waals surface area contributed by atoms with E-state index in [2.05, 4.69) is 20.3 Å². The van der Waals surface area contributed by atoms with E-state index in [1.165, 1.54) is 19.1 Å². The molecule has 188 valence electrons. The zero-order valence-corrected chi connectivity index (χ0v) is 20.5. The first-order valence-electron chi connectivity index (χ1n) is 10.9. The predicted octanol–water partition coefficient (Wildman–Crippen LogP) is 3.62. The summed E-state index contributed by atoms with van der Waals surface area (Å²) in [6.07, 6.45) is -1.40. The second kappa shape index (κ2) is 12.2. The van der Waals surface area contributed by atoms with Gasteiger partial charge in [0.25, 0.3) is 5.91 Å². The third kappa shape index (κ3) is 7.80. The molecule has 11 heteroatoms. The van der Waals surface area contributed by atoms with Crippen LogP contribution in [-0.2, 0) is 24.3 Å². The van der Waals surface area contributed by atoms with Crippen molar-refractivity contribution < 1.29 is 27.9 Å². The Kier molecular flexibility index (Phi) is 9.01. The van der Waals surface area contributed by atoms with E-state index in [0.29, 0.717) is 17.1 Å². The predicted molar refractivity (Wildman–Crippen MR) is 134 cm³/mol. The fourth-order valence-electron chi connectivity index (χ4n) is 2.94. The summed E-state index contributed by atoms with van der Waals surface area (Å²) < 4.78 is 32.2. The molecule has 3 rings (SSSR count). The molecule has 0 radical (unpaired) electrons. The van der Waals surface area contributed by atoms with Crippen molar-refractivity contribution in [2.45, 2.75) is 30.9 Å². The van der Waals surface area contributed by atoms with Gasteiger partial charge in [-0.3, -0.25) is 9.59 Å². The van der Waals surface area contributed by atoms with Crippen molar-refractivity contribution >= 4 is 39.0 Å². The number of benzene rings is 3. The number of rotatable bonds is 10. The molecule has 3 aromatic carbocycles. The summed E-state index contributed by atoms with van der Waals surface area (Å²) in [5.41, 5.74) is 2.57. The highest BCUT2D eigenvalue weighted by atomic mass is 32.2. The molecule has 0 spiro atoms. The zero-order chi connectivity index (χ0) is 26.1. The van der Waals surface area contributed by atoms with E-state index >= 15 is 0 Å². The number of hydrogen-bond donors (Lipinski definition) is 3. The lowest BCUT2D eigenvalue weighted by Gasteiger charge is -2.20. The number of aryl methyl sites for hydroxylation is 1. The number of amides is 1. The van der Waals surface area contributed by atoms with Gasteiger partial charge in [-0.15, -0.1) is 0 Å². The summed E-state index contributed by atoms with van der Waals surface area (Å²) in [4.78, 5) is 24.6. The average Bonchev–Trinajstić information content (AvgIpc) is 2.86. The molecule has 10 nitrogen and oxygen atoms in total. The molecule has 2 atom stereocenters. The van der Waals surface area contributed by atoms with Crippen LogP contribution in [0.2, 0.25) is 0 Å². The van der Waals surface area contributed by atoms with Gasteiger partial charge in [-0.2, -0.15) is 15.0 Å². The maximum atomic E-state index is 12.6. The van der Waals surface area contributed by atoms with Crippen molar-refractivity contribution in [1.82, 2.24) is 4.72 Å². The van der Waals surface area contributed by atoms with Crippen LogP contribution in [0, 0.1) is 6.92 Å². The third-order valence-electron chi connectivity index (χ3n) is 4.88. The molecule has 0 unspecified atom stereocenters. The van der Waals surface area contributed by atoms with Gasteiger partial charge in [0, 0.05) is 5.69 Å². The van der Waals surface area contributed by atoms with Crippen molar-refractivity contribution in [1.29, 1.82) is 0 Å². The van der Waals surface area contributed by atoms with Crippen LogP contribution in [0.3, 0.4) is 0 Å². The number of anilines is 1. The van der Waals surface area contributed by atoms with Gasteiger partial charge in [0.1, 0.15) is 6.04 Å². The van der Waals surface area contributed by atoms with Crippen molar-refractivity contribution in [3.63, 3.8) is 0 Å². The Morgan fingerprint density at radius 1 is 0.917 bits per heavy atom. The molecule has 3 N–H and O–H groups in total. The minimum atomic E-state index is -4.11. The van der Waals surface area contributed by atoms with Crippen LogP contribution >= 0.6 is 0 Å².